The number of amides is 1. The largest absolute Gasteiger partial charge is 0.394 e. The van der Waals surface area contributed by atoms with Gasteiger partial charge in [-0.2, -0.15) is 5.26 Å². The van der Waals surface area contributed by atoms with Gasteiger partial charge >= 0.3 is 0 Å². The lowest BCUT2D eigenvalue weighted by Crippen LogP contribution is -2.30. The quantitative estimate of drug-likeness (QED) is 0.409. The molecule has 1 heterocycles. The third kappa shape index (κ3) is 4.99. The number of nitrogens with zero attached hydrogens (tertiary/aromatic N) is 1. The van der Waals surface area contributed by atoms with Crippen LogP contribution in [0.2, 0.25) is 0 Å². The van der Waals surface area contributed by atoms with E-state index in [0.717, 1.165) is 14.9 Å². The monoisotopic (exact) mass is 490 g/mol. The van der Waals surface area contributed by atoms with Crippen LogP contribution in [0.5, 0.6) is 0 Å². The van der Waals surface area contributed by atoms with Crippen molar-refractivity contribution in [3.63, 3.8) is 0 Å². The lowest BCUT2D eigenvalue weighted by molar-refractivity contribution is -0.0295. The van der Waals surface area contributed by atoms with Crippen LogP contribution >= 0.6 is 33.9 Å². The number of benzene rings is 1. The molecule has 0 aliphatic carbocycles. The highest BCUT2D eigenvalue weighted by Gasteiger charge is 2.22. The first-order valence-corrected chi connectivity index (χ1v) is 9.44. The summed E-state index contributed by atoms with van der Waals surface area (Å²) in [5, 5.41) is 27.2. The van der Waals surface area contributed by atoms with Crippen molar-refractivity contribution in [2.24, 2.45) is 0 Å². The standard InChI is InChI=1S/C17H16FIN2O4S/c1-9-15(6-20)26-14(4-10-2-3-11(19)5-13(10)18)16(9)17(24)21-25-8-12(23)7-22/h2-3,5,12,22-23H,4,7-8H2,1H3,(H,21,24)/t12-/m0/s1. The third-order valence-corrected chi connectivity index (χ3v) is 5.43. The van der Waals surface area contributed by atoms with E-state index in [1.54, 1.807) is 19.1 Å². The number of hydrogen-bond donors (Lipinski definition) is 3. The molecule has 2 aromatic rings. The van der Waals surface area contributed by atoms with E-state index >= 15 is 0 Å². The van der Waals surface area contributed by atoms with Crippen molar-refractivity contribution in [1.82, 2.24) is 5.48 Å². The molecule has 0 aliphatic rings. The van der Waals surface area contributed by atoms with Gasteiger partial charge in [-0.3, -0.25) is 9.63 Å². The van der Waals surface area contributed by atoms with Crippen molar-refractivity contribution >= 4 is 39.8 Å². The number of carbonyl (C=O) groups is 1. The molecule has 0 saturated heterocycles. The summed E-state index contributed by atoms with van der Waals surface area (Å²) in [6.07, 6.45) is -0.952. The zero-order chi connectivity index (χ0) is 19.3. The number of aliphatic hydroxyl groups excluding tert-OH is 2. The van der Waals surface area contributed by atoms with E-state index in [1.807, 2.05) is 28.7 Å². The molecule has 6 nitrogen and oxygen atoms in total. The Bertz CT molecular complexity index is 850. The maximum atomic E-state index is 14.1. The second-order valence-electron chi connectivity index (χ2n) is 5.46. The predicted octanol–water partition coefficient (Wildman–Crippen LogP) is 2.28. The topological polar surface area (TPSA) is 103 Å². The minimum Gasteiger partial charge on any atom is -0.394 e. The molecule has 0 unspecified atom stereocenters. The molecule has 9 heteroatoms. The van der Waals surface area contributed by atoms with Crippen molar-refractivity contribution in [3.8, 4) is 6.07 Å². The Morgan fingerprint density at radius 1 is 1.54 bits per heavy atom. The van der Waals surface area contributed by atoms with Gasteiger partial charge in [-0.15, -0.1) is 11.3 Å². The van der Waals surface area contributed by atoms with Crippen LogP contribution in [-0.2, 0) is 11.3 Å². The fraction of sp³-hybridized carbons (Fsp3) is 0.294. The minimum absolute atomic E-state index is 0.165. The van der Waals surface area contributed by atoms with E-state index in [4.69, 9.17) is 9.94 Å². The summed E-state index contributed by atoms with van der Waals surface area (Å²) >= 11 is 3.14. The zero-order valence-electron chi connectivity index (χ0n) is 13.8. The minimum atomic E-state index is -1.12. The molecule has 0 saturated carbocycles. The van der Waals surface area contributed by atoms with Crippen molar-refractivity contribution in [2.45, 2.75) is 19.4 Å². The van der Waals surface area contributed by atoms with E-state index in [0.29, 0.717) is 20.9 Å². The summed E-state index contributed by atoms with van der Waals surface area (Å²) < 4.78 is 14.9. The molecule has 0 fully saturated rings. The molecule has 0 aliphatic heterocycles. The molecule has 1 aromatic carbocycles. The molecule has 1 aromatic heterocycles. The highest BCUT2D eigenvalue weighted by Crippen LogP contribution is 2.30. The summed E-state index contributed by atoms with van der Waals surface area (Å²) in [5.74, 6) is -0.971. The smallest absolute Gasteiger partial charge is 0.276 e. The van der Waals surface area contributed by atoms with Crippen molar-refractivity contribution in [1.29, 1.82) is 5.26 Å². The maximum absolute atomic E-state index is 14.1. The maximum Gasteiger partial charge on any atom is 0.276 e. The molecular formula is C17H16FIN2O4S. The average molecular weight is 490 g/mol. The highest BCUT2D eigenvalue weighted by molar-refractivity contribution is 14.1. The second kappa shape index (κ2) is 9.38. The Morgan fingerprint density at radius 3 is 2.88 bits per heavy atom. The first kappa shape index (κ1) is 20.7. The van der Waals surface area contributed by atoms with Crippen LogP contribution in [0.25, 0.3) is 0 Å². The number of thiophene rings is 1. The van der Waals surface area contributed by atoms with E-state index in [-0.39, 0.29) is 24.4 Å². The average Bonchev–Trinajstić information content (AvgIpc) is 2.92. The number of carbonyl (C=O) groups excluding carboxylic acids is 1. The number of aliphatic hydroxyl groups is 2. The normalized spacial score (nSPS) is 11.8. The Morgan fingerprint density at radius 2 is 2.27 bits per heavy atom. The van der Waals surface area contributed by atoms with Gasteiger partial charge in [0.1, 0.15) is 29.5 Å². The molecule has 0 spiro atoms. The van der Waals surface area contributed by atoms with Gasteiger partial charge in [0.05, 0.1) is 12.2 Å². The Balaban J connectivity index is 2.26. The Labute approximate surface area is 167 Å². The van der Waals surface area contributed by atoms with E-state index in [2.05, 4.69) is 5.48 Å². The number of hydrogen-bond acceptors (Lipinski definition) is 6. The molecular weight excluding hydrogens is 474 g/mol. The summed E-state index contributed by atoms with van der Waals surface area (Å²) in [5.41, 5.74) is 3.34. The molecule has 138 valence electrons. The molecule has 26 heavy (non-hydrogen) atoms. The van der Waals surface area contributed by atoms with Crippen LogP contribution in [0.15, 0.2) is 18.2 Å². The Hall–Kier alpha value is -1.58. The van der Waals surface area contributed by atoms with Gasteiger partial charge in [0.15, 0.2) is 0 Å². The number of nitrogens with one attached hydrogen (secondary N) is 1. The molecule has 0 radical (unpaired) electrons. The van der Waals surface area contributed by atoms with Crippen LogP contribution in [0.4, 0.5) is 4.39 Å². The first-order chi connectivity index (χ1) is 12.4. The lowest BCUT2D eigenvalue weighted by atomic mass is 10.0. The van der Waals surface area contributed by atoms with Crippen LogP contribution in [0.3, 0.4) is 0 Å². The molecule has 1 amide bonds. The lowest BCUT2D eigenvalue weighted by Gasteiger charge is -2.10. The van der Waals surface area contributed by atoms with Crippen LogP contribution in [0.1, 0.15) is 31.2 Å². The fourth-order valence-corrected chi connectivity index (χ4v) is 3.82. The van der Waals surface area contributed by atoms with Gasteiger partial charge in [-0.05, 0) is 52.8 Å². The van der Waals surface area contributed by atoms with E-state index in [9.17, 15) is 19.6 Å². The van der Waals surface area contributed by atoms with Gasteiger partial charge in [-0.25, -0.2) is 9.87 Å². The van der Waals surface area contributed by atoms with Crippen molar-refractivity contribution in [2.75, 3.05) is 13.2 Å². The van der Waals surface area contributed by atoms with Crippen LogP contribution in [0, 0.1) is 27.6 Å². The SMILES string of the molecule is Cc1c(C#N)sc(Cc2ccc(I)cc2F)c1C(=O)NOC[C@@H](O)CO. The van der Waals surface area contributed by atoms with Gasteiger partial charge in [0.2, 0.25) is 0 Å². The first-order valence-electron chi connectivity index (χ1n) is 7.54. The number of rotatable bonds is 7. The number of halogens is 2. The van der Waals surface area contributed by atoms with Gasteiger partial charge in [0, 0.05) is 14.9 Å². The van der Waals surface area contributed by atoms with Crippen LogP contribution in [-0.4, -0.2) is 35.4 Å². The van der Waals surface area contributed by atoms with Gasteiger partial charge < -0.3 is 10.2 Å². The zero-order valence-corrected chi connectivity index (χ0v) is 16.7. The molecule has 2 rings (SSSR count). The number of nitriles is 1. The van der Waals surface area contributed by atoms with E-state index < -0.39 is 18.6 Å². The summed E-state index contributed by atoms with van der Waals surface area (Å²) in [7, 11) is 0. The summed E-state index contributed by atoms with van der Waals surface area (Å²) in [6.45, 7) is 0.862. The van der Waals surface area contributed by atoms with E-state index in [1.165, 1.54) is 6.07 Å². The molecule has 3 N–H and O–H groups in total. The second-order valence-corrected chi connectivity index (χ2v) is 7.81. The summed E-state index contributed by atoms with van der Waals surface area (Å²) in [4.78, 5) is 18.2. The highest BCUT2D eigenvalue weighted by atomic mass is 127. The van der Waals surface area contributed by atoms with Gasteiger partial charge in [-0.1, -0.05) is 6.07 Å². The molecule has 0 bridgehead atoms. The Kier molecular flexibility index (Phi) is 7.48. The predicted molar refractivity (Wildman–Crippen MR) is 102 cm³/mol. The number of hydroxylamine groups is 1. The van der Waals surface area contributed by atoms with Gasteiger partial charge in [0.25, 0.3) is 5.91 Å². The third-order valence-electron chi connectivity index (χ3n) is 3.57. The summed E-state index contributed by atoms with van der Waals surface area (Å²) in [6, 6.07) is 6.85. The fourth-order valence-electron chi connectivity index (χ4n) is 2.25. The van der Waals surface area contributed by atoms with Crippen molar-refractivity contribution in [3.05, 3.63) is 54.0 Å². The molecule has 1 atom stereocenters. The van der Waals surface area contributed by atoms with Crippen molar-refractivity contribution < 1.29 is 24.2 Å². The van der Waals surface area contributed by atoms with Crippen LogP contribution < -0.4 is 5.48 Å².